The molecule has 19 heavy (non-hydrogen) atoms. The van der Waals surface area contributed by atoms with Gasteiger partial charge < -0.3 is 0 Å². The molecule has 10 heteroatoms. The van der Waals surface area contributed by atoms with E-state index in [1.54, 1.807) is 0 Å². The molecule has 0 saturated heterocycles. The maximum absolute atomic E-state index is 12.5. The molecular formula is C9H4F6N4. The van der Waals surface area contributed by atoms with Gasteiger partial charge in [0.2, 0.25) is 0 Å². The summed E-state index contributed by atoms with van der Waals surface area (Å²) in [5.74, 6) is 0. The molecule has 0 amide bonds. The van der Waals surface area contributed by atoms with E-state index in [1.165, 1.54) is 0 Å². The van der Waals surface area contributed by atoms with Crippen LogP contribution >= 0.6 is 0 Å². The number of alkyl halides is 6. The summed E-state index contributed by atoms with van der Waals surface area (Å²) in [6.45, 7) is 0. The third kappa shape index (κ3) is 2.83. The second kappa shape index (κ2) is 4.21. The Labute approximate surface area is 101 Å². The first-order valence-corrected chi connectivity index (χ1v) is 4.71. The van der Waals surface area contributed by atoms with Crippen molar-refractivity contribution in [2.75, 3.05) is 0 Å². The minimum Gasteiger partial charge on any atom is -0.166 e. The molecule has 0 fully saturated rings. The second-order valence-corrected chi connectivity index (χ2v) is 3.49. The van der Waals surface area contributed by atoms with Gasteiger partial charge in [0, 0.05) is 0 Å². The zero-order valence-corrected chi connectivity index (χ0v) is 8.87. The molecule has 0 N–H and O–H groups in total. The largest absolute Gasteiger partial charge is 0.416 e. The fourth-order valence-corrected chi connectivity index (χ4v) is 1.34. The lowest BCUT2D eigenvalue weighted by atomic mass is 10.1. The van der Waals surface area contributed by atoms with Gasteiger partial charge in [0.15, 0.2) is 6.33 Å². The molecule has 0 radical (unpaired) electrons. The summed E-state index contributed by atoms with van der Waals surface area (Å²) in [7, 11) is 0. The highest BCUT2D eigenvalue weighted by Crippen LogP contribution is 2.36. The number of rotatable bonds is 1. The predicted molar refractivity (Wildman–Crippen MR) is 49.2 cm³/mol. The quantitative estimate of drug-likeness (QED) is 0.755. The first-order valence-electron chi connectivity index (χ1n) is 4.71. The molecule has 0 saturated carbocycles. The van der Waals surface area contributed by atoms with Crippen molar-refractivity contribution in [3.63, 3.8) is 0 Å². The van der Waals surface area contributed by atoms with Gasteiger partial charge in [0.1, 0.15) is 0 Å². The van der Waals surface area contributed by atoms with Crippen molar-refractivity contribution < 1.29 is 26.3 Å². The van der Waals surface area contributed by atoms with Crippen molar-refractivity contribution >= 4 is 0 Å². The minimum atomic E-state index is -4.91. The third-order valence-corrected chi connectivity index (χ3v) is 2.15. The number of hydrogen-bond donors (Lipinski definition) is 0. The zero-order chi connectivity index (χ0) is 14.3. The van der Waals surface area contributed by atoms with Crippen LogP contribution < -0.4 is 0 Å². The summed E-state index contributed by atoms with van der Waals surface area (Å²) in [5, 5.41) is 9.87. The van der Waals surface area contributed by atoms with Crippen molar-refractivity contribution in [3.8, 4) is 5.69 Å². The van der Waals surface area contributed by atoms with Gasteiger partial charge in [-0.2, -0.15) is 26.3 Å². The van der Waals surface area contributed by atoms with Crippen LogP contribution in [0.25, 0.3) is 5.69 Å². The summed E-state index contributed by atoms with van der Waals surface area (Å²) < 4.78 is 75.3. The molecule has 1 aromatic carbocycles. The lowest BCUT2D eigenvalue weighted by Gasteiger charge is -2.13. The second-order valence-electron chi connectivity index (χ2n) is 3.49. The van der Waals surface area contributed by atoms with E-state index in [1.807, 2.05) is 0 Å². The Morgan fingerprint density at radius 3 is 1.74 bits per heavy atom. The molecule has 2 rings (SSSR count). The Morgan fingerprint density at radius 1 is 0.842 bits per heavy atom. The highest BCUT2D eigenvalue weighted by atomic mass is 19.4. The van der Waals surface area contributed by atoms with Crippen LogP contribution in [0.4, 0.5) is 26.3 Å². The Bertz CT molecular complexity index is 539. The van der Waals surface area contributed by atoms with Gasteiger partial charge in [-0.1, -0.05) is 0 Å². The molecule has 0 aliphatic carbocycles. The molecule has 0 bridgehead atoms. The van der Waals surface area contributed by atoms with E-state index in [4.69, 9.17) is 0 Å². The van der Waals surface area contributed by atoms with Crippen LogP contribution in [0, 0.1) is 0 Å². The first kappa shape index (κ1) is 13.3. The summed E-state index contributed by atoms with van der Waals surface area (Å²) in [6.07, 6.45) is -8.92. The monoisotopic (exact) mass is 282 g/mol. The number of hydrogen-bond acceptors (Lipinski definition) is 3. The normalized spacial score (nSPS) is 12.7. The van der Waals surface area contributed by atoms with E-state index in [0.717, 1.165) is 6.33 Å². The van der Waals surface area contributed by atoms with Crippen molar-refractivity contribution in [2.24, 2.45) is 0 Å². The van der Waals surface area contributed by atoms with E-state index in [-0.39, 0.29) is 6.07 Å². The SMILES string of the molecule is FC(F)(F)c1cc(-n2ncnn2)cc(C(F)(F)F)c1. The molecule has 0 spiro atoms. The van der Waals surface area contributed by atoms with Crippen LogP contribution in [0.5, 0.6) is 0 Å². The van der Waals surface area contributed by atoms with E-state index < -0.39 is 29.2 Å². The van der Waals surface area contributed by atoms with Crippen LogP contribution in [0.3, 0.4) is 0 Å². The molecule has 0 unspecified atom stereocenters. The average Bonchev–Trinajstić information content (AvgIpc) is 2.79. The molecule has 2 aromatic rings. The van der Waals surface area contributed by atoms with Crippen LogP contribution in [-0.4, -0.2) is 20.2 Å². The van der Waals surface area contributed by atoms with Crippen molar-refractivity contribution in [1.29, 1.82) is 0 Å². The van der Waals surface area contributed by atoms with Gasteiger partial charge in [-0.15, -0.1) is 15.0 Å². The van der Waals surface area contributed by atoms with Crippen molar-refractivity contribution in [3.05, 3.63) is 35.7 Å². The van der Waals surface area contributed by atoms with Crippen LogP contribution in [0.1, 0.15) is 11.1 Å². The topological polar surface area (TPSA) is 43.6 Å². The molecular weight excluding hydrogens is 278 g/mol. The lowest BCUT2D eigenvalue weighted by molar-refractivity contribution is -0.143. The summed E-state index contributed by atoms with van der Waals surface area (Å²) >= 11 is 0. The molecule has 1 heterocycles. The third-order valence-electron chi connectivity index (χ3n) is 2.15. The molecule has 102 valence electrons. The number of aromatic nitrogens is 4. The lowest BCUT2D eigenvalue weighted by Crippen LogP contribution is -2.13. The standard InChI is InChI=1S/C9H4F6N4/c10-8(11,12)5-1-6(9(13,14)15)3-7(2-5)19-17-4-16-18-19/h1-4H. The van der Waals surface area contributed by atoms with Crippen LogP contribution in [0.15, 0.2) is 24.5 Å². The Balaban J connectivity index is 2.62. The fraction of sp³-hybridized carbons (Fsp3) is 0.222. The van der Waals surface area contributed by atoms with Gasteiger partial charge in [0.25, 0.3) is 0 Å². The first-order chi connectivity index (χ1) is 8.68. The van der Waals surface area contributed by atoms with Crippen molar-refractivity contribution in [1.82, 2.24) is 20.2 Å². The van der Waals surface area contributed by atoms with E-state index in [0.29, 0.717) is 16.9 Å². The summed E-state index contributed by atoms with van der Waals surface area (Å²) in [4.78, 5) is 0.574. The van der Waals surface area contributed by atoms with Crippen molar-refractivity contribution in [2.45, 2.75) is 12.4 Å². The Kier molecular flexibility index (Phi) is 2.95. The van der Waals surface area contributed by atoms with Crippen LogP contribution in [-0.2, 0) is 12.4 Å². The minimum absolute atomic E-state index is 0.0282. The number of nitrogens with zero attached hydrogens (tertiary/aromatic N) is 4. The highest BCUT2D eigenvalue weighted by Gasteiger charge is 2.37. The molecule has 0 atom stereocenters. The smallest absolute Gasteiger partial charge is 0.166 e. The maximum atomic E-state index is 12.5. The summed E-state index contributed by atoms with van der Waals surface area (Å²) in [5.41, 5.74) is -3.34. The van der Waals surface area contributed by atoms with E-state index >= 15 is 0 Å². The molecule has 4 nitrogen and oxygen atoms in total. The fourth-order valence-electron chi connectivity index (χ4n) is 1.34. The zero-order valence-electron chi connectivity index (χ0n) is 8.87. The van der Waals surface area contributed by atoms with Gasteiger partial charge in [-0.25, -0.2) is 0 Å². The Morgan fingerprint density at radius 2 is 1.37 bits per heavy atom. The number of tetrazole rings is 1. The molecule has 0 aliphatic rings. The van der Waals surface area contributed by atoms with Crippen LogP contribution in [0.2, 0.25) is 0 Å². The number of benzene rings is 1. The van der Waals surface area contributed by atoms with E-state index in [2.05, 4.69) is 15.4 Å². The highest BCUT2D eigenvalue weighted by molar-refractivity contribution is 5.41. The van der Waals surface area contributed by atoms with Gasteiger partial charge in [-0.3, -0.25) is 0 Å². The number of halogens is 6. The van der Waals surface area contributed by atoms with Gasteiger partial charge in [0.05, 0.1) is 16.8 Å². The van der Waals surface area contributed by atoms with Gasteiger partial charge in [-0.05, 0) is 23.4 Å². The Hall–Kier alpha value is -2.13. The van der Waals surface area contributed by atoms with E-state index in [9.17, 15) is 26.3 Å². The summed E-state index contributed by atoms with van der Waals surface area (Å²) in [6, 6.07) is 1.05. The molecule has 0 aliphatic heterocycles. The van der Waals surface area contributed by atoms with Gasteiger partial charge >= 0.3 is 12.4 Å². The predicted octanol–water partition coefficient (Wildman–Crippen LogP) is 2.70. The average molecular weight is 282 g/mol. The maximum Gasteiger partial charge on any atom is 0.416 e. The molecule has 1 aromatic heterocycles.